The first kappa shape index (κ1) is 16.7. The number of amides is 1. The first-order chi connectivity index (χ1) is 11.0. The lowest BCUT2D eigenvalue weighted by atomic mass is 10.1. The Morgan fingerprint density at radius 2 is 2.04 bits per heavy atom. The van der Waals surface area contributed by atoms with E-state index in [0.29, 0.717) is 18.7 Å². The minimum atomic E-state index is -0.152. The zero-order chi connectivity index (χ0) is 16.8. The number of hydrogen-bond acceptors (Lipinski definition) is 2. The Labute approximate surface area is 137 Å². The highest BCUT2D eigenvalue weighted by atomic mass is 16.1. The molecule has 4 nitrogen and oxygen atoms in total. The van der Waals surface area contributed by atoms with Crippen LogP contribution < -0.4 is 5.32 Å². The summed E-state index contributed by atoms with van der Waals surface area (Å²) in [4.78, 5) is 16.3. The second-order valence-electron chi connectivity index (χ2n) is 5.58. The Bertz CT molecular complexity index is 714. The fraction of sp³-hybridized carbons (Fsp3) is 0.263. The van der Waals surface area contributed by atoms with Gasteiger partial charge in [0.25, 0.3) is 0 Å². The van der Waals surface area contributed by atoms with Crippen molar-refractivity contribution < 1.29 is 4.79 Å². The van der Waals surface area contributed by atoms with E-state index in [2.05, 4.69) is 40.2 Å². The van der Waals surface area contributed by atoms with Gasteiger partial charge in [-0.3, -0.25) is 4.79 Å². The summed E-state index contributed by atoms with van der Waals surface area (Å²) in [5.41, 5.74) is 3.86. The lowest BCUT2D eigenvalue weighted by Gasteiger charge is -2.11. The van der Waals surface area contributed by atoms with Crippen LogP contribution in [-0.2, 0) is 24.3 Å². The molecule has 1 amide bonds. The van der Waals surface area contributed by atoms with Crippen molar-refractivity contribution in [3.05, 3.63) is 77.9 Å². The fourth-order valence-corrected chi connectivity index (χ4v) is 2.47. The number of aryl methyl sites for hydroxylation is 1. The molecule has 0 aliphatic rings. The first-order valence-corrected chi connectivity index (χ1v) is 7.66. The zero-order valence-corrected chi connectivity index (χ0v) is 13.8. The molecule has 1 N–H and O–H groups in total. The van der Waals surface area contributed by atoms with Crippen LogP contribution >= 0.6 is 0 Å². The van der Waals surface area contributed by atoms with Gasteiger partial charge in [-0.15, -0.1) is 6.58 Å². The lowest BCUT2D eigenvalue weighted by Crippen LogP contribution is -2.25. The maximum absolute atomic E-state index is 11.7. The zero-order valence-electron chi connectivity index (χ0n) is 13.8. The molecule has 0 bridgehead atoms. The number of aromatic nitrogens is 2. The van der Waals surface area contributed by atoms with Crippen molar-refractivity contribution in [2.45, 2.75) is 33.4 Å². The standard InChI is InChI=1S/C19H23N3O/c1-5-11-22-17(12-16-9-7-6-8-10-16)15(4)21-18(22)13-20-19(23)14(2)3/h5-10H,1-2,11-13H2,3-4H3,(H,20,23). The first-order valence-electron chi connectivity index (χ1n) is 7.66. The topological polar surface area (TPSA) is 46.9 Å². The Hall–Kier alpha value is -2.62. The van der Waals surface area contributed by atoms with Gasteiger partial charge in [-0.1, -0.05) is 43.0 Å². The predicted molar refractivity (Wildman–Crippen MR) is 93.1 cm³/mol. The van der Waals surface area contributed by atoms with Gasteiger partial charge in [0.05, 0.1) is 12.2 Å². The molecule has 1 aromatic heterocycles. The van der Waals surface area contributed by atoms with Gasteiger partial charge in [0.1, 0.15) is 5.82 Å². The van der Waals surface area contributed by atoms with E-state index in [0.717, 1.165) is 23.6 Å². The number of hydrogen-bond donors (Lipinski definition) is 1. The number of rotatable bonds is 7. The molecule has 0 aliphatic carbocycles. The highest BCUT2D eigenvalue weighted by molar-refractivity contribution is 5.91. The van der Waals surface area contributed by atoms with Gasteiger partial charge in [0, 0.05) is 24.2 Å². The van der Waals surface area contributed by atoms with Crippen molar-refractivity contribution in [2.24, 2.45) is 0 Å². The van der Waals surface area contributed by atoms with E-state index in [4.69, 9.17) is 0 Å². The van der Waals surface area contributed by atoms with Gasteiger partial charge in [0.2, 0.25) is 5.91 Å². The largest absolute Gasteiger partial charge is 0.345 e. The van der Waals surface area contributed by atoms with E-state index in [1.807, 2.05) is 31.2 Å². The molecule has 1 heterocycles. The molecule has 0 saturated carbocycles. The lowest BCUT2D eigenvalue weighted by molar-refractivity contribution is -0.117. The predicted octanol–water partition coefficient (Wildman–Crippen LogP) is 3.16. The van der Waals surface area contributed by atoms with Crippen molar-refractivity contribution in [2.75, 3.05) is 0 Å². The van der Waals surface area contributed by atoms with Crippen molar-refractivity contribution in [3.8, 4) is 0 Å². The monoisotopic (exact) mass is 309 g/mol. The highest BCUT2D eigenvalue weighted by Crippen LogP contribution is 2.17. The molecular formula is C19H23N3O. The fourth-order valence-electron chi connectivity index (χ4n) is 2.47. The Morgan fingerprint density at radius 3 is 2.65 bits per heavy atom. The van der Waals surface area contributed by atoms with Crippen LogP contribution in [0.5, 0.6) is 0 Å². The number of benzene rings is 1. The molecule has 0 atom stereocenters. The average Bonchev–Trinajstić information content (AvgIpc) is 2.82. The molecule has 0 radical (unpaired) electrons. The van der Waals surface area contributed by atoms with Crippen LogP contribution in [0.3, 0.4) is 0 Å². The van der Waals surface area contributed by atoms with E-state index in [1.54, 1.807) is 6.92 Å². The van der Waals surface area contributed by atoms with Gasteiger partial charge >= 0.3 is 0 Å². The highest BCUT2D eigenvalue weighted by Gasteiger charge is 2.14. The van der Waals surface area contributed by atoms with E-state index in [-0.39, 0.29) is 5.91 Å². The summed E-state index contributed by atoms with van der Waals surface area (Å²) in [6.07, 6.45) is 2.65. The second kappa shape index (κ2) is 7.58. The SMILES string of the molecule is C=CCn1c(CNC(=O)C(=C)C)nc(C)c1Cc1ccccc1. The smallest absolute Gasteiger partial charge is 0.246 e. The molecule has 0 fully saturated rings. The van der Waals surface area contributed by atoms with Crippen molar-refractivity contribution in [3.63, 3.8) is 0 Å². The molecule has 0 unspecified atom stereocenters. The third-order valence-corrected chi connectivity index (χ3v) is 3.67. The van der Waals surface area contributed by atoms with Crippen molar-refractivity contribution >= 4 is 5.91 Å². The molecule has 23 heavy (non-hydrogen) atoms. The number of carbonyl (C=O) groups excluding carboxylic acids is 1. The van der Waals surface area contributed by atoms with Crippen LogP contribution in [-0.4, -0.2) is 15.5 Å². The molecule has 2 rings (SSSR count). The normalized spacial score (nSPS) is 10.3. The van der Waals surface area contributed by atoms with Crippen LogP contribution in [0.2, 0.25) is 0 Å². The summed E-state index contributed by atoms with van der Waals surface area (Å²) in [6.45, 7) is 12.2. The van der Waals surface area contributed by atoms with E-state index in [1.165, 1.54) is 5.56 Å². The third-order valence-electron chi connectivity index (χ3n) is 3.67. The molecule has 0 spiro atoms. The van der Waals surface area contributed by atoms with Crippen LogP contribution in [0.15, 0.2) is 55.1 Å². The van der Waals surface area contributed by atoms with Gasteiger partial charge in [-0.25, -0.2) is 4.98 Å². The number of allylic oxidation sites excluding steroid dienone is 1. The van der Waals surface area contributed by atoms with Crippen molar-refractivity contribution in [1.82, 2.24) is 14.9 Å². The minimum absolute atomic E-state index is 0.152. The second-order valence-corrected chi connectivity index (χ2v) is 5.58. The third kappa shape index (κ3) is 4.19. The van der Waals surface area contributed by atoms with Crippen LogP contribution in [0, 0.1) is 6.92 Å². The van der Waals surface area contributed by atoms with E-state index < -0.39 is 0 Å². The van der Waals surface area contributed by atoms with Crippen molar-refractivity contribution in [1.29, 1.82) is 0 Å². The van der Waals surface area contributed by atoms with Crippen LogP contribution in [0.1, 0.15) is 29.7 Å². The number of nitrogens with one attached hydrogen (secondary N) is 1. The molecule has 4 heteroatoms. The number of carbonyl (C=O) groups is 1. The Kier molecular flexibility index (Phi) is 5.52. The number of nitrogens with zero attached hydrogens (tertiary/aromatic N) is 2. The molecule has 0 saturated heterocycles. The average molecular weight is 309 g/mol. The quantitative estimate of drug-likeness (QED) is 0.631. The summed E-state index contributed by atoms with van der Waals surface area (Å²) < 4.78 is 2.12. The van der Waals surface area contributed by atoms with Crippen LogP contribution in [0.4, 0.5) is 0 Å². The van der Waals surface area contributed by atoms with Gasteiger partial charge in [0.15, 0.2) is 0 Å². The molecule has 1 aromatic carbocycles. The number of imidazole rings is 1. The molecule has 2 aromatic rings. The van der Waals surface area contributed by atoms with Gasteiger partial charge < -0.3 is 9.88 Å². The molecule has 120 valence electrons. The summed E-state index contributed by atoms with van der Waals surface area (Å²) in [6, 6.07) is 10.3. The summed E-state index contributed by atoms with van der Waals surface area (Å²) in [5, 5.41) is 2.85. The Morgan fingerprint density at radius 1 is 1.35 bits per heavy atom. The van der Waals surface area contributed by atoms with E-state index >= 15 is 0 Å². The maximum Gasteiger partial charge on any atom is 0.246 e. The molecular weight excluding hydrogens is 286 g/mol. The van der Waals surface area contributed by atoms with Gasteiger partial charge in [-0.05, 0) is 19.4 Å². The summed E-state index contributed by atoms with van der Waals surface area (Å²) in [7, 11) is 0. The summed E-state index contributed by atoms with van der Waals surface area (Å²) >= 11 is 0. The van der Waals surface area contributed by atoms with Crippen LogP contribution in [0.25, 0.3) is 0 Å². The summed E-state index contributed by atoms with van der Waals surface area (Å²) in [5.74, 6) is 0.684. The minimum Gasteiger partial charge on any atom is -0.345 e. The maximum atomic E-state index is 11.7. The van der Waals surface area contributed by atoms with E-state index in [9.17, 15) is 4.79 Å². The molecule has 0 aliphatic heterocycles. The Balaban J connectivity index is 2.26. The van der Waals surface area contributed by atoms with Gasteiger partial charge in [-0.2, -0.15) is 0 Å².